The summed E-state index contributed by atoms with van der Waals surface area (Å²) in [5.74, 6) is 0. The van der Waals surface area contributed by atoms with Gasteiger partial charge in [-0.3, -0.25) is 0 Å². The van der Waals surface area contributed by atoms with Crippen molar-refractivity contribution in [3.63, 3.8) is 0 Å². The number of ether oxygens (including phenoxy) is 2. The fraction of sp³-hybridized carbons (Fsp3) is 0.938. The van der Waals surface area contributed by atoms with Crippen molar-refractivity contribution >= 4 is 22.0 Å². The van der Waals surface area contributed by atoms with Gasteiger partial charge >= 0.3 is 6.09 Å². The fourth-order valence-electron chi connectivity index (χ4n) is 2.10. The van der Waals surface area contributed by atoms with Gasteiger partial charge in [0.1, 0.15) is 5.60 Å². The first-order valence-corrected chi connectivity index (χ1v) is 8.90. The third-order valence-electron chi connectivity index (χ3n) is 3.02. The van der Waals surface area contributed by atoms with Gasteiger partial charge in [0.05, 0.1) is 18.2 Å². The summed E-state index contributed by atoms with van der Waals surface area (Å²) in [5, 5.41) is 0.674. The maximum atomic E-state index is 12.2. The summed E-state index contributed by atoms with van der Waals surface area (Å²) in [6.45, 7) is 14.9. The maximum absolute atomic E-state index is 12.2. The number of hydrogen-bond acceptors (Lipinski definition) is 3. The second-order valence-electron chi connectivity index (χ2n) is 6.80. The second kappa shape index (κ2) is 8.99. The van der Waals surface area contributed by atoms with E-state index in [1.54, 1.807) is 4.90 Å². The lowest BCUT2D eigenvalue weighted by Gasteiger charge is -2.36. The third kappa shape index (κ3) is 8.67. The lowest BCUT2D eigenvalue weighted by Crippen LogP contribution is -2.49. The van der Waals surface area contributed by atoms with Gasteiger partial charge in [-0.2, -0.15) is 0 Å². The summed E-state index contributed by atoms with van der Waals surface area (Å²) in [7, 11) is 0. The molecule has 126 valence electrons. The lowest BCUT2D eigenvalue weighted by molar-refractivity contribution is -0.0795. The molecule has 0 saturated carbocycles. The molecule has 0 heterocycles. The van der Waals surface area contributed by atoms with Gasteiger partial charge in [0.2, 0.25) is 0 Å². The second-order valence-corrected chi connectivity index (χ2v) is 7.36. The molecule has 2 unspecified atom stereocenters. The van der Waals surface area contributed by atoms with E-state index in [9.17, 15) is 4.79 Å². The molecule has 0 aromatic heterocycles. The van der Waals surface area contributed by atoms with E-state index in [1.165, 1.54) is 0 Å². The summed E-state index contributed by atoms with van der Waals surface area (Å²) in [5.41, 5.74) is -0.896. The van der Waals surface area contributed by atoms with Crippen LogP contribution in [0.2, 0.25) is 0 Å². The average Bonchev–Trinajstić information content (AvgIpc) is 2.34. The Morgan fingerprint density at radius 3 is 2.19 bits per heavy atom. The van der Waals surface area contributed by atoms with Gasteiger partial charge in [0.25, 0.3) is 0 Å². The highest BCUT2D eigenvalue weighted by Crippen LogP contribution is 2.21. The normalized spacial score (nSPS) is 16.2. The van der Waals surface area contributed by atoms with E-state index in [0.29, 0.717) is 18.4 Å². The molecule has 5 heteroatoms. The van der Waals surface area contributed by atoms with Gasteiger partial charge in [-0.25, -0.2) is 4.79 Å². The number of rotatable bonds is 8. The summed E-state index contributed by atoms with van der Waals surface area (Å²) < 4.78 is 11.6. The molecule has 2 atom stereocenters. The third-order valence-corrected chi connectivity index (χ3v) is 4.21. The molecule has 0 rings (SSSR count). The Bertz CT molecular complexity index is 317. The molecule has 0 aliphatic rings. The van der Waals surface area contributed by atoms with E-state index in [-0.39, 0.29) is 12.2 Å². The minimum atomic E-state index is -0.480. The van der Waals surface area contributed by atoms with Crippen LogP contribution in [-0.4, -0.2) is 46.7 Å². The van der Waals surface area contributed by atoms with Crippen molar-refractivity contribution < 1.29 is 14.3 Å². The molecule has 4 nitrogen and oxygen atoms in total. The maximum Gasteiger partial charge on any atom is 0.410 e. The molecule has 0 fully saturated rings. The van der Waals surface area contributed by atoms with Crippen LogP contribution in [-0.2, 0) is 9.47 Å². The average molecular weight is 366 g/mol. The summed E-state index contributed by atoms with van der Waals surface area (Å²) in [4.78, 5) is 13.9. The van der Waals surface area contributed by atoms with Crippen LogP contribution in [0, 0.1) is 0 Å². The monoisotopic (exact) mass is 365 g/mol. The van der Waals surface area contributed by atoms with Gasteiger partial charge in [-0.05, 0) is 48.0 Å². The highest BCUT2D eigenvalue weighted by atomic mass is 79.9. The predicted molar refractivity (Wildman–Crippen MR) is 91.1 cm³/mol. The molecule has 0 aromatic rings. The van der Waals surface area contributed by atoms with E-state index < -0.39 is 11.2 Å². The Balaban J connectivity index is 4.77. The van der Waals surface area contributed by atoms with Gasteiger partial charge in [0.15, 0.2) is 0 Å². The first kappa shape index (κ1) is 20.7. The van der Waals surface area contributed by atoms with E-state index in [1.807, 2.05) is 34.6 Å². The molecule has 0 aromatic carbocycles. The molecule has 0 saturated heterocycles. The van der Waals surface area contributed by atoms with Crippen LogP contribution in [0.4, 0.5) is 4.79 Å². The number of carbonyl (C=O) groups excluding carboxylic acids is 1. The molecule has 0 bridgehead atoms. The number of hydrogen-bond donors (Lipinski definition) is 0. The van der Waals surface area contributed by atoms with Crippen molar-refractivity contribution in [2.75, 3.05) is 18.4 Å². The summed E-state index contributed by atoms with van der Waals surface area (Å²) in [6.07, 6.45) is 1.99. The van der Waals surface area contributed by atoms with Crippen molar-refractivity contribution in [1.29, 1.82) is 0 Å². The Kier molecular flexibility index (Phi) is 8.86. The first-order valence-electron chi connectivity index (χ1n) is 7.78. The number of halogens is 1. The molecular formula is C16H32BrNO3. The van der Waals surface area contributed by atoms with Crippen LogP contribution in [0.3, 0.4) is 0 Å². The molecule has 1 amide bonds. The number of amides is 1. The Hall–Kier alpha value is -0.290. The largest absolute Gasteiger partial charge is 0.444 e. The topological polar surface area (TPSA) is 38.8 Å². The van der Waals surface area contributed by atoms with Gasteiger partial charge in [0, 0.05) is 11.9 Å². The molecular weight excluding hydrogens is 334 g/mol. The molecule has 0 aliphatic carbocycles. The highest BCUT2D eigenvalue weighted by molar-refractivity contribution is 9.09. The van der Waals surface area contributed by atoms with E-state index in [0.717, 1.165) is 12.8 Å². The first-order chi connectivity index (χ1) is 9.56. The van der Waals surface area contributed by atoms with Crippen molar-refractivity contribution in [2.45, 2.75) is 78.6 Å². The highest BCUT2D eigenvalue weighted by Gasteiger charge is 2.32. The summed E-state index contributed by atoms with van der Waals surface area (Å²) >= 11 is 3.52. The Morgan fingerprint density at radius 1 is 1.24 bits per heavy atom. The zero-order valence-electron chi connectivity index (χ0n) is 14.7. The Morgan fingerprint density at radius 2 is 1.81 bits per heavy atom. The van der Waals surface area contributed by atoms with Crippen LogP contribution >= 0.6 is 15.9 Å². The zero-order valence-corrected chi connectivity index (χ0v) is 16.2. The van der Waals surface area contributed by atoms with E-state index in [4.69, 9.17) is 9.47 Å². The van der Waals surface area contributed by atoms with Gasteiger partial charge < -0.3 is 14.4 Å². The summed E-state index contributed by atoms with van der Waals surface area (Å²) in [6, 6.07) is 0. The zero-order chi connectivity index (χ0) is 16.7. The van der Waals surface area contributed by atoms with Crippen LogP contribution in [0.25, 0.3) is 0 Å². The van der Waals surface area contributed by atoms with Gasteiger partial charge in [-0.1, -0.05) is 29.3 Å². The molecule has 21 heavy (non-hydrogen) atoms. The standard InChI is InChI=1S/C16H32BrNO3/c1-8-10-13(3)20-16(7,11-17)12-18(9-2)14(19)21-15(4,5)6/h13H,8-12H2,1-7H3. The smallest absolute Gasteiger partial charge is 0.410 e. The fourth-order valence-corrected chi connectivity index (χ4v) is 2.41. The van der Waals surface area contributed by atoms with Crippen molar-refractivity contribution in [3.05, 3.63) is 0 Å². The van der Waals surface area contributed by atoms with Crippen LogP contribution in [0.15, 0.2) is 0 Å². The van der Waals surface area contributed by atoms with Crippen molar-refractivity contribution in [1.82, 2.24) is 4.90 Å². The van der Waals surface area contributed by atoms with Crippen LogP contribution < -0.4 is 0 Å². The minimum absolute atomic E-state index is 0.176. The van der Waals surface area contributed by atoms with E-state index in [2.05, 4.69) is 29.8 Å². The lowest BCUT2D eigenvalue weighted by atomic mass is 10.1. The Labute approximate surface area is 138 Å². The number of alkyl halides is 1. The SMILES string of the molecule is CCCC(C)OC(C)(CBr)CN(CC)C(=O)OC(C)(C)C. The van der Waals surface area contributed by atoms with Crippen molar-refractivity contribution in [3.8, 4) is 0 Å². The predicted octanol–water partition coefficient (Wildman–Crippen LogP) is 4.60. The van der Waals surface area contributed by atoms with E-state index >= 15 is 0 Å². The van der Waals surface area contributed by atoms with Crippen LogP contribution in [0.1, 0.15) is 61.3 Å². The molecule has 0 spiro atoms. The molecule has 0 aliphatic heterocycles. The molecule has 0 radical (unpaired) electrons. The quantitative estimate of drug-likeness (QED) is 0.589. The van der Waals surface area contributed by atoms with Crippen LogP contribution in [0.5, 0.6) is 0 Å². The van der Waals surface area contributed by atoms with Gasteiger partial charge in [-0.15, -0.1) is 0 Å². The number of likely N-dealkylation sites (N-methyl/N-ethyl adjacent to an activating group) is 1. The molecule has 0 N–H and O–H groups in total. The number of nitrogens with zero attached hydrogens (tertiary/aromatic N) is 1. The minimum Gasteiger partial charge on any atom is -0.444 e. The number of carbonyl (C=O) groups is 1. The van der Waals surface area contributed by atoms with Crippen molar-refractivity contribution in [2.24, 2.45) is 0 Å².